The molecular weight excluding hydrogens is 556 g/mol. The number of carbonyl (C=O) groups is 5. The molecule has 1 heterocycles. The summed E-state index contributed by atoms with van der Waals surface area (Å²) in [6.45, 7) is 8.49. The van der Waals surface area contributed by atoms with E-state index >= 15 is 0 Å². The van der Waals surface area contributed by atoms with Gasteiger partial charge < -0.3 is 30.0 Å². The molecule has 0 saturated carbocycles. The van der Waals surface area contributed by atoms with E-state index in [4.69, 9.17) is 24.7 Å². The molecule has 11 nitrogen and oxygen atoms in total. The summed E-state index contributed by atoms with van der Waals surface area (Å²) in [4.78, 5) is 63.5. The summed E-state index contributed by atoms with van der Waals surface area (Å²) >= 11 is 0. The molecule has 2 aliphatic rings. The normalized spacial score (nSPS) is 31.2. The van der Waals surface area contributed by atoms with Crippen LogP contribution < -0.4 is 11.1 Å². The Hall–Kier alpha value is -3.83. The molecule has 0 aromatic carbocycles. The number of rotatable bonds is 6. The number of ketones is 2. The lowest BCUT2D eigenvalue weighted by atomic mass is 9.84. The van der Waals surface area contributed by atoms with Gasteiger partial charge in [-0.2, -0.15) is 0 Å². The highest BCUT2D eigenvalue weighted by Crippen LogP contribution is 2.31. The fraction of sp³-hybridized carbons (Fsp3) is 0.531. The molecule has 3 N–H and O–H groups in total. The number of amides is 2. The van der Waals surface area contributed by atoms with Crippen LogP contribution in [0.2, 0.25) is 0 Å². The lowest BCUT2D eigenvalue weighted by Gasteiger charge is -2.32. The van der Waals surface area contributed by atoms with E-state index in [9.17, 15) is 24.0 Å². The average Bonchev–Trinajstić information content (AvgIpc) is 2.93. The minimum absolute atomic E-state index is 0.00864. The highest BCUT2D eigenvalue weighted by Gasteiger charge is 2.35. The highest BCUT2D eigenvalue weighted by atomic mass is 16.6. The van der Waals surface area contributed by atoms with E-state index in [0.29, 0.717) is 6.42 Å². The van der Waals surface area contributed by atoms with Gasteiger partial charge in [-0.1, -0.05) is 43.7 Å². The Morgan fingerprint density at radius 2 is 1.74 bits per heavy atom. The molecule has 1 aliphatic heterocycles. The van der Waals surface area contributed by atoms with Crippen molar-refractivity contribution < 1.29 is 42.9 Å². The van der Waals surface area contributed by atoms with Crippen LogP contribution in [0.4, 0.5) is 0 Å². The van der Waals surface area contributed by atoms with E-state index in [0.717, 1.165) is 11.6 Å². The summed E-state index contributed by atoms with van der Waals surface area (Å²) in [5.41, 5.74) is 6.63. The first-order valence-corrected chi connectivity index (χ1v) is 14.2. The molecule has 2 rings (SSSR count). The maximum absolute atomic E-state index is 13.5. The van der Waals surface area contributed by atoms with Gasteiger partial charge in [-0.25, -0.2) is 0 Å². The molecule has 11 heteroatoms. The number of nitrogens with one attached hydrogen (secondary N) is 1. The third-order valence-corrected chi connectivity index (χ3v) is 7.63. The van der Waals surface area contributed by atoms with Crippen LogP contribution in [0.5, 0.6) is 0 Å². The van der Waals surface area contributed by atoms with Crippen LogP contribution in [0.15, 0.2) is 58.6 Å². The van der Waals surface area contributed by atoms with Crippen LogP contribution in [-0.2, 0) is 42.9 Å². The summed E-state index contributed by atoms with van der Waals surface area (Å²) in [6.07, 6.45) is 6.41. The largest absolute Gasteiger partial charge is 0.492 e. The van der Waals surface area contributed by atoms with Crippen molar-refractivity contribution in [2.75, 3.05) is 21.3 Å². The van der Waals surface area contributed by atoms with Crippen LogP contribution in [-0.4, -0.2) is 69.0 Å². The van der Waals surface area contributed by atoms with Crippen molar-refractivity contribution in [1.29, 1.82) is 0 Å². The standard InChI is InChI=1S/C32H44N2O9/c1-17-12-23-29(38)24(16-25(36)31(23)42-8)34-32(39)18(2)10-9-11-26(40-6)22(15-28(33)37)19(3)14-20(4)30(43-21(5)35)27(13-17)41-7/h9-11,14,16-17,20,22,26-27,30H,12-13,15H2,1-8H3,(H2,33,37)(H,34,39)/b11-9-,18-10+,19-14+. The van der Waals surface area contributed by atoms with E-state index in [1.165, 1.54) is 34.3 Å². The molecule has 0 spiro atoms. The second-order valence-corrected chi connectivity index (χ2v) is 11.1. The number of hydrogen-bond donors (Lipinski definition) is 2. The van der Waals surface area contributed by atoms with E-state index in [-0.39, 0.29) is 47.3 Å². The number of esters is 1. The predicted molar refractivity (Wildman–Crippen MR) is 159 cm³/mol. The molecule has 236 valence electrons. The summed E-state index contributed by atoms with van der Waals surface area (Å²) in [6, 6.07) is 0. The first-order valence-electron chi connectivity index (χ1n) is 14.2. The van der Waals surface area contributed by atoms with Gasteiger partial charge in [0.1, 0.15) is 6.10 Å². The molecule has 0 saturated heterocycles. The van der Waals surface area contributed by atoms with Crippen molar-refractivity contribution in [3.63, 3.8) is 0 Å². The number of allylic oxidation sites excluding steroid dienone is 4. The first kappa shape index (κ1) is 35.4. The minimum atomic E-state index is -0.715. The minimum Gasteiger partial charge on any atom is -0.492 e. The molecule has 6 atom stereocenters. The van der Waals surface area contributed by atoms with Gasteiger partial charge in [-0.05, 0) is 32.6 Å². The number of fused-ring (bicyclic) bond motifs is 2. The molecular formula is C32H44N2O9. The Balaban J connectivity index is 2.70. The zero-order valence-corrected chi connectivity index (χ0v) is 26.2. The SMILES string of the molecule is COC1=C2CC(C)CC(OC)C(OC(C)=O)C(C)/C=C(\C)C(CC(N)=O)C(OC)/C=C\C=C(/C)C(=O)NC(=CC1=O)C2=O. The van der Waals surface area contributed by atoms with Gasteiger partial charge in [0.05, 0.1) is 25.0 Å². The van der Waals surface area contributed by atoms with Gasteiger partial charge in [0.2, 0.25) is 17.5 Å². The number of ether oxygens (including phenoxy) is 4. The quantitative estimate of drug-likeness (QED) is 0.265. The zero-order chi connectivity index (χ0) is 32.4. The average molecular weight is 601 g/mol. The molecule has 2 bridgehead atoms. The highest BCUT2D eigenvalue weighted by molar-refractivity contribution is 6.23. The molecule has 0 aromatic heterocycles. The van der Waals surface area contributed by atoms with E-state index in [2.05, 4.69) is 5.32 Å². The first-order chi connectivity index (χ1) is 20.2. The smallest absolute Gasteiger partial charge is 0.303 e. The van der Waals surface area contributed by atoms with Crippen LogP contribution in [0.1, 0.15) is 53.9 Å². The Morgan fingerprint density at radius 1 is 1.07 bits per heavy atom. The fourth-order valence-electron chi connectivity index (χ4n) is 5.45. The van der Waals surface area contributed by atoms with Gasteiger partial charge in [0.15, 0.2) is 5.76 Å². The third kappa shape index (κ3) is 9.59. The second-order valence-electron chi connectivity index (χ2n) is 11.1. The van der Waals surface area contributed by atoms with Crippen molar-refractivity contribution in [2.45, 2.75) is 72.2 Å². The number of carbonyl (C=O) groups excluding carboxylic acids is 5. The molecule has 0 fully saturated rings. The van der Waals surface area contributed by atoms with E-state index in [1.54, 1.807) is 19.1 Å². The summed E-state index contributed by atoms with van der Waals surface area (Å²) in [5, 5.41) is 2.55. The van der Waals surface area contributed by atoms with E-state index < -0.39 is 53.6 Å². The maximum atomic E-state index is 13.5. The van der Waals surface area contributed by atoms with Gasteiger partial charge in [-0.15, -0.1) is 0 Å². The Labute approximate surface area is 253 Å². The van der Waals surface area contributed by atoms with Gasteiger partial charge in [0, 0.05) is 56.6 Å². The number of methoxy groups -OCH3 is 3. The molecule has 2 amide bonds. The topological polar surface area (TPSA) is 160 Å². The van der Waals surface area contributed by atoms with Crippen molar-refractivity contribution >= 4 is 29.4 Å². The Kier molecular flexibility index (Phi) is 13.3. The van der Waals surface area contributed by atoms with Gasteiger partial charge in [0.25, 0.3) is 5.91 Å². The predicted octanol–water partition coefficient (Wildman–Crippen LogP) is 3.01. The molecule has 1 aliphatic carbocycles. The van der Waals surface area contributed by atoms with Crippen LogP contribution in [0, 0.1) is 17.8 Å². The number of Topliss-reactive ketones (excluding diaryl/α,β-unsaturated/α-hetero) is 1. The summed E-state index contributed by atoms with van der Waals surface area (Å²) in [7, 11) is 4.32. The number of primary amides is 1. The van der Waals surface area contributed by atoms with Crippen molar-refractivity contribution in [3.05, 3.63) is 58.6 Å². The number of hydrogen-bond acceptors (Lipinski definition) is 9. The lowest BCUT2D eigenvalue weighted by molar-refractivity contribution is -0.157. The summed E-state index contributed by atoms with van der Waals surface area (Å²) < 4.78 is 22.6. The van der Waals surface area contributed by atoms with Crippen LogP contribution in [0.25, 0.3) is 0 Å². The molecule has 6 unspecified atom stereocenters. The van der Waals surface area contributed by atoms with Crippen molar-refractivity contribution in [2.24, 2.45) is 23.5 Å². The van der Waals surface area contributed by atoms with E-state index in [1.807, 2.05) is 26.8 Å². The van der Waals surface area contributed by atoms with Crippen molar-refractivity contribution in [3.8, 4) is 0 Å². The molecule has 43 heavy (non-hydrogen) atoms. The summed E-state index contributed by atoms with van der Waals surface area (Å²) in [5.74, 6) is -3.77. The van der Waals surface area contributed by atoms with Gasteiger partial charge in [-0.3, -0.25) is 24.0 Å². The molecule has 0 aromatic rings. The Bertz CT molecular complexity index is 1260. The monoisotopic (exact) mass is 600 g/mol. The third-order valence-electron chi connectivity index (χ3n) is 7.63. The zero-order valence-electron chi connectivity index (χ0n) is 26.2. The van der Waals surface area contributed by atoms with Gasteiger partial charge >= 0.3 is 5.97 Å². The van der Waals surface area contributed by atoms with Crippen LogP contribution >= 0.6 is 0 Å². The van der Waals surface area contributed by atoms with Crippen molar-refractivity contribution in [1.82, 2.24) is 5.32 Å². The lowest BCUT2D eigenvalue weighted by Crippen LogP contribution is -2.39. The fourth-order valence-corrected chi connectivity index (χ4v) is 5.45. The van der Waals surface area contributed by atoms with Crippen LogP contribution in [0.3, 0.4) is 0 Å². The second kappa shape index (κ2) is 16.1. The molecule has 0 radical (unpaired) electrons. The Morgan fingerprint density at radius 3 is 2.30 bits per heavy atom. The number of nitrogens with two attached hydrogens (primary N) is 1. The maximum Gasteiger partial charge on any atom is 0.303 e.